The van der Waals surface area contributed by atoms with E-state index < -0.39 is 0 Å². The third-order valence-corrected chi connectivity index (χ3v) is 6.53. The van der Waals surface area contributed by atoms with E-state index in [1.165, 1.54) is 11.1 Å². The lowest BCUT2D eigenvalue weighted by molar-refractivity contribution is -0.122. The topological polar surface area (TPSA) is 73.8 Å². The fourth-order valence-electron chi connectivity index (χ4n) is 4.47. The summed E-state index contributed by atoms with van der Waals surface area (Å²) in [6.07, 6.45) is 0. The number of aryl methyl sites for hydroxylation is 1. The van der Waals surface area contributed by atoms with E-state index in [0.717, 1.165) is 76.4 Å². The van der Waals surface area contributed by atoms with Crippen molar-refractivity contribution >= 4 is 11.7 Å². The van der Waals surface area contributed by atoms with Gasteiger partial charge < -0.3 is 15.0 Å². The summed E-state index contributed by atoms with van der Waals surface area (Å²) in [6, 6.07) is 10.5. The number of aromatic nitrogens is 2. The van der Waals surface area contributed by atoms with Crippen LogP contribution >= 0.6 is 0 Å². The number of rotatable bonds is 8. The maximum atomic E-state index is 12.7. The van der Waals surface area contributed by atoms with Gasteiger partial charge in [0, 0.05) is 70.0 Å². The number of carbonyl (C=O) groups is 1. The Morgan fingerprint density at radius 1 is 1.00 bits per heavy atom. The maximum Gasteiger partial charge on any atom is 0.234 e. The largest absolute Gasteiger partial charge is 0.379 e. The second-order valence-electron chi connectivity index (χ2n) is 9.58. The van der Waals surface area contributed by atoms with Crippen molar-refractivity contribution in [3.63, 3.8) is 0 Å². The minimum absolute atomic E-state index is 0.0783. The predicted molar refractivity (Wildman–Crippen MR) is 134 cm³/mol. The van der Waals surface area contributed by atoms with Crippen molar-refractivity contribution in [2.45, 2.75) is 39.8 Å². The highest BCUT2D eigenvalue weighted by Gasteiger charge is 2.21. The Labute approximate surface area is 203 Å². The molecule has 2 aliphatic rings. The Kier molecular flexibility index (Phi) is 8.48. The summed E-state index contributed by atoms with van der Waals surface area (Å²) in [4.78, 5) is 28.9. The van der Waals surface area contributed by atoms with Crippen LogP contribution in [-0.4, -0.2) is 84.7 Å². The second-order valence-corrected chi connectivity index (χ2v) is 9.58. The van der Waals surface area contributed by atoms with E-state index in [4.69, 9.17) is 9.72 Å². The molecule has 34 heavy (non-hydrogen) atoms. The number of piperazine rings is 1. The molecule has 2 fully saturated rings. The molecule has 0 atom stereocenters. The van der Waals surface area contributed by atoms with Gasteiger partial charge in [-0.3, -0.25) is 14.6 Å². The fourth-order valence-corrected chi connectivity index (χ4v) is 4.47. The molecule has 8 nitrogen and oxygen atoms in total. The summed E-state index contributed by atoms with van der Waals surface area (Å²) in [5.41, 5.74) is 3.47. The maximum absolute atomic E-state index is 12.7. The molecule has 1 aromatic heterocycles. The number of ether oxygens (including phenoxy) is 1. The molecule has 0 spiro atoms. The summed E-state index contributed by atoms with van der Waals surface area (Å²) in [5, 5.41) is 3.14. The van der Waals surface area contributed by atoms with Crippen molar-refractivity contribution in [1.82, 2.24) is 25.1 Å². The quantitative estimate of drug-likeness (QED) is 0.639. The highest BCUT2D eigenvalue weighted by atomic mass is 16.5. The van der Waals surface area contributed by atoms with Crippen molar-refractivity contribution in [3.8, 4) is 0 Å². The Morgan fingerprint density at radius 3 is 2.41 bits per heavy atom. The van der Waals surface area contributed by atoms with Gasteiger partial charge >= 0.3 is 0 Å². The second kappa shape index (κ2) is 11.7. The Bertz CT molecular complexity index is 952. The molecule has 3 heterocycles. The van der Waals surface area contributed by atoms with Crippen LogP contribution in [0.3, 0.4) is 0 Å². The summed E-state index contributed by atoms with van der Waals surface area (Å²) in [6.45, 7) is 15.1. The molecule has 2 saturated heterocycles. The summed E-state index contributed by atoms with van der Waals surface area (Å²) in [5.74, 6) is 2.28. The molecule has 0 radical (unpaired) electrons. The van der Waals surface area contributed by atoms with Crippen molar-refractivity contribution in [2.75, 3.05) is 63.9 Å². The van der Waals surface area contributed by atoms with Crippen LogP contribution < -0.4 is 10.2 Å². The van der Waals surface area contributed by atoms with Gasteiger partial charge in [-0.25, -0.2) is 9.97 Å². The monoisotopic (exact) mass is 466 g/mol. The molecule has 0 saturated carbocycles. The van der Waals surface area contributed by atoms with E-state index in [9.17, 15) is 4.79 Å². The minimum atomic E-state index is 0.0783. The molecule has 1 aromatic carbocycles. The zero-order valence-electron chi connectivity index (χ0n) is 20.8. The molecule has 2 aliphatic heterocycles. The van der Waals surface area contributed by atoms with E-state index in [-0.39, 0.29) is 5.91 Å². The van der Waals surface area contributed by atoms with Crippen LogP contribution in [0.5, 0.6) is 0 Å². The molecular formula is C26H38N6O2. The minimum Gasteiger partial charge on any atom is -0.379 e. The van der Waals surface area contributed by atoms with E-state index in [1.54, 1.807) is 0 Å². The fraction of sp³-hybridized carbons (Fsp3) is 0.577. The number of nitrogens with zero attached hydrogens (tertiary/aromatic N) is 5. The highest BCUT2D eigenvalue weighted by molar-refractivity contribution is 5.78. The molecule has 184 valence electrons. The van der Waals surface area contributed by atoms with Gasteiger partial charge in [0.25, 0.3) is 0 Å². The number of carbonyl (C=O) groups excluding carboxylic acids is 1. The van der Waals surface area contributed by atoms with Crippen LogP contribution in [0.25, 0.3) is 0 Å². The third kappa shape index (κ3) is 6.74. The van der Waals surface area contributed by atoms with Crippen LogP contribution in [0.4, 0.5) is 5.82 Å². The first-order chi connectivity index (χ1) is 16.5. The Balaban J connectivity index is 1.25. The zero-order chi connectivity index (χ0) is 23.9. The molecule has 1 amide bonds. The number of hydrogen-bond acceptors (Lipinski definition) is 7. The summed E-state index contributed by atoms with van der Waals surface area (Å²) in [7, 11) is 0. The number of amides is 1. The van der Waals surface area contributed by atoms with Gasteiger partial charge in [-0.05, 0) is 18.1 Å². The molecule has 0 unspecified atom stereocenters. The van der Waals surface area contributed by atoms with Crippen LogP contribution in [-0.2, 0) is 22.6 Å². The van der Waals surface area contributed by atoms with E-state index >= 15 is 0 Å². The van der Waals surface area contributed by atoms with E-state index in [2.05, 4.69) is 63.1 Å². The molecule has 2 aromatic rings. The van der Waals surface area contributed by atoms with Crippen LogP contribution in [0.15, 0.2) is 30.3 Å². The van der Waals surface area contributed by atoms with Crippen LogP contribution in [0.1, 0.15) is 42.4 Å². The standard InChI is InChI=1S/C26H38N6O2/c1-20(2)26-28-21(3)16-24(29-26)32-10-8-30(9-11-32)19-25(33)27-17-22-6-4-5-7-23(22)18-31-12-14-34-15-13-31/h4-7,16,20H,8-15,17-19H2,1-3H3,(H,27,33). The lowest BCUT2D eigenvalue weighted by Crippen LogP contribution is -2.49. The summed E-state index contributed by atoms with van der Waals surface area (Å²) >= 11 is 0. The van der Waals surface area contributed by atoms with Gasteiger partial charge in [0.15, 0.2) is 0 Å². The first kappa shape index (κ1) is 24.6. The van der Waals surface area contributed by atoms with E-state index in [1.807, 2.05) is 13.0 Å². The number of morpholine rings is 1. The molecular weight excluding hydrogens is 428 g/mol. The Hall–Kier alpha value is -2.55. The van der Waals surface area contributed by atoms with Crippen molar-refractivity contribution in [2.24, 2.45) is 0 Å². The SMILES string of the molecule is Cc1cc(N2CCN(CC(=O)NCc3ccccc3CN3CCOCC3)CC2)nc(C(C)C)n1. The zero-order valence-corrected chi connectivity index (χ0v) is 20.8. The van der Waals surface area contributed by atoms with Gasteiger partial charge in [0.1, 0.15) is 11.6 Å². The smallest absolute Gasteiger partial charge is 0.234 e. The van der Waals surface area contributed by atoms with Gasteiger partial charge in [-0.15, -0.1) is 0 Å². The Morgan fingerprint density at radius 2 is 1.71 bits per heavy atom. The highest BCUT2D eigenvalue weighted by Crippen LogP contribution is 2.19. The average molecular weight is 467 g/mol. The van der Waals surface area contributed by atoms with Gasteiger partial charge in [0.2, 0.25) is 5.91 Å². The van der Waals surface area contributed by atoms with Crippen molar-refractivity contribution < 1.29 is 9.53 Å². The van der Waals surface area contributed by atoms with Gasteiger partial charge in [-0.2, -0.15) is 0 Å². The number of benzene rings is 1. The molecule has 8 heteroatoms. The van der Waals surface area contributed by atoms with Crippen LogP contribution in [0, 0.1) is 6.92 Å². The van der Waals surface area contributed by atoms with E-state index in [0.29, 0.717) is 19.0 Å². The van der Waals surface area contributed by atoms with Crippen LogP contribution in [0.2, 0.25) is 0 Å². The molecule has 0 aliphatic carbocycles. The third-order valence-electron chi connectivity index (χ3n) is 6.53. The number of hydrogen-bond donors (Lipinski definition) is 1. The summed E-state index contributed by atoms with van der Waals surface area (Å²) < 4.78 is 5.46. The van der Waals surface area contributed by atoms with Gasteiger partial charge in [0.05, 0.1) is 19.8 Å². The molecule has 4 rings (SSSR count). The normalized spacial score (nSPS) is 17.8. The lowest BCUT2D eigenvalue weighted by atomic mass is 10.1. The number of nitrogens with one attached hydrogen (secondary N) is 1. The number of anilines is 1. The average Bonchev–Trinajstić information content (AvgIpc) is 2.84. The lowest BCUT2D eigenvalue weighted by Gasteiger charge is -2.35. The first-order valence-corrected chi connectivity index (χ1v) is 12.4. The van der Waals surface area contributed by atoms with Crippen molar-refractivity contribution in [3.05, 3.63) is 53.0 Å². The van der Waals surface area contributed by atoms with Crippen molar-refractivity contribution in [1.29, 1.82) is 0 Å². The molecule has 1 N–H and O–H groups in total. The van der Waals surface area contributed by atoms with Gasteiger partial charge in [-0.1, -0.05) is 38.1 Å². The predicted octanol–water partition coefficient (Wildman–Crippen LogP) is 2.18. The first-order valence-electron chi connectivity index (χ1n) is 12.4. The molecule has 0 bridgehead atoms.